The number of hydrogen-bond acceptors (Lipinski definition) is 4. The van der Waals surface area contributed by atoms with Crippen LogP contribution in [-0.4, -0.2) is 71.3 Å². The lowest BCUT2D eigenvalue weighted by molar-refractivity contribution is 0.0754. The topological polar surface area (TPSA) is 53.4 Å². The number of likely N-dealkylation sites (N-methyl/N-ethyl adjacent to an activating group) is 1. The quantitative estimate of drug-likeness (QED) is 0.828. The standard InChI is InChI=1S/C21H37N5O/c1-5-26-19-8-7-17(22-10-9-16(2)3)15-18(19)20(23-26)21(27)25-12-6-11-24(4)13-14-25/h16-17,22H,5-15H2,1-4H3. The Balaban J connectivity index is 1.74. The van der Waals surface area contributed by atoms with E-state index >= 15 is 0 Å². The third kappa shape index (κ3) is 4.91. The number of rotatable bonds is 6. The highest BCUT2D eigenvalue weighted by Gasteiger charge is 2.31. The minimum Gasteiger partial charge on any atom is -0.336 e. The molecule has 6 nitrogen and oxygen atoms in total. The second-order valence-electron chi connectivity index (χ2n) is 8.62. The third-order valence-corrected chi connectivity index (χ3v) is 6.01. The Morgan fingerprint density at radius 1 is 1.26 bits per heavy atom. The molecule has 152 valence electrons. The molecule has 1 aromatic heterocycles. The first-order chi connectivity index (χ1) is 13.0. The number of nitrogens with zero attached hydrogens (tertiary/aromatic N) is 4. The Labute approximate surface area is 164 Å². The number of carbonyl (C=O) groups is 1. The van der Waals surface area contributed by atoms with Crippen LogP contribution in [0, 0.1) is 5.92 Å². The zero-order chi connectivity index (χ0) is 19.4. The summed E-state index contributed by atoms with van der Waals surface area (Å²) in [6.45, 7) is 12.2. The van der Waals surface area contributed by atoms with Gasteiger partial charge in [-0.1, -0.05) is 13.8 Å². The van der Waals surface area contributed by atoms with Crippen LogP contribution in [0.25, 0.3) is 0 Å². The summed E-state index contributed by atoms with van der Waals surface area (Å²) in [5.74, 6) is 0.856. The molecule has 0 aromatic carbocycles. The predicted molar refractivity (Wildman–Crippen MR) is 109 cm³/mol. The molecule has 3 rings (SSSR count). The molecule has 2 heterocycles. The van der Waals surface area contributed by atoms with Crippen LogP contribution in [0.3, 0.4) is 0 Å². The molecule has 1 saturated heterocycles. The van der Waals surface area contributed by atoms with E-state index in [0.717, 1.165) is 70.9 Å². The zero-order valence-corrected chi connectivity index (χ0v) is 17.6. The molecule has 6 heteroatoms. The minimum absolute atomic E-state index is 0.136. The Morgan fingerprint density at radius 3 is 2.81 bits per heavy atom. The summed E-state index contributed by atoms with van der Waals surface area (Å²) in [5.41, 5.74) is 3.20. The lowest BCUT2D eigenvalue weighted by atomic mass is 9.90. The van der Waals surface area contributed by atoms with E-state index in [1.165, 1.54) is 17.7 Å². The molecule has 1 fully saturated rings. The van der Waals surface area contributed by atoms with Crippen molar-refractivity contribution in [3.63, 3.8) is 0 Å². The minimum atomic E-state index is 0.136. The number of aryl methyl sites for hydroxylation is 1. The summed E-state index contributed by atoms with van der Waals surface area (Å²) in [6.07, 6.45) is 5.33. The fourth-order valence-electron chi connectivity index (χ4n) is 4.27. The van der Waals surface area contributed by atoms with Gasteiger partial charge >= 0.3 is 0 Å². The first-order valence-corrected chi connectivity index (χ1v) is 10.8. The molecule has 1 aromatic rings. The Bertz CT molecular complexity index is 639. The highest BCUT2D eigenvalue weighted by Crippen LogP contribution is 2.26. The van der Waals surface area contributed by atoms with Gasteiger partial charge in [0.2, 0.25) is 0 Å². The molecule has 0 spiro atoms. The van der Waals surface area contributed by atoms with Crippen LogP contribution in [0.2, 0.25) is 0 Å². The van der Waals surface area contributed by atoms with Crippen LogP contribution >= 0.6 is 0 Å². The number of nitrogens with one attached hydrogen (secondary N) is 1. The van der Waals surface area contributed by atoms with E-state index in [9.17, 15) is 4.79 Å². The maximum Gasteiger partial charge on any atom is 0.274 e. The van der Waals surface area contributed by atoms with Gasteiger partial charge in [-0.15, -0.1) is 0 Å². The Morgan fingerprint density at radius 2 is 2.07 bits per heavy atom. The van der Waals surface area contributed by atoms with Gasteiger partial charge in [-0.05, 0) is 65.1 Å². The van der Waals surface area contributed by atoms with E-state index in [1.807, 2.05) is 4.90 Å². The SMILES string of the molecule is CCn1nc(C(=O)N2CCCN(C)CC2)c2c1CCC(NCCC(C)C)C2. The van der Waals surface area contributed by atoms with Crippen LogP contribution in [-0.2, 0) is 19.4 Å². The number of amides is 1. The third-order valence-electron chi connectivity index (χ3n) is 6.01. The summed E-state index contributed by atoms with van der Waals surface area (Å²) in [7, 11) is 2.13. The van der Waals surface area contributed by atoms with Gasteiger partial charge in [0.05, 0.1) is 0 Å². The summed E-state index contributed by atoms with van der Waals surface area (Å²) in [6, 6.07) is 0.465. The Kier molecular flexibility index (Phi) is 6.93. The first kappa shape index (κ1) is 20.3. The zero-order valence-electron chi connectivity index (χ0n) is 17.6. The number of hydrogen-bond donors (Lipinski definition) is 1. The highest BCUT2D eigenvalue weighted by molar-refractivity contribution is 5.94. The predicted octanol–water partition coefficient (Wildman–Crippen LogP) is 2.17. The van der Waals surface area contributed by atoms with Crippen LogP contribution < -0.4 is 5.32 Å². The molecule has 0 saturated carbocycles. The van der Waals surface area contributed by atoms with Gasteiger partial charge in [-0.25, -0.2) is 0 Å². The van der Waals surface area contributed by atoms with E-state index < -0.39 is 0 Å². The summed E-state index contributed by atoms with van der Waals surface area (Å²) in [5, 5.41) is 8.48. The van der Waals surface area contributed by atoms with Crippen molar-refractivity contribution in [1.82, 2.24) is 24.9 Å². The van der Waals surface area contributed by atoms with Crippen LogP contribution in [0.1, 0.15) is 61.8 Å². The number of aromatic nitrogens is 2. The second-order valence-corrected chi connectivity index (χ2v) is 8.62. The van der Waals surface area contributed by atoms with Crippen molar-refractivity contribution in [2.45, 2.75) is 65.5 Å². The van der Waals surface area contributed by atoms with Crippen molar-refractivity contribution in [1.29, 1.82) is 0 Å². The largest absolute Gasteiger partial charge is 0.336 e. The summed E-state index contributed by atoms with van der Waals surface area (Å²) in [4.78, 5) is 17.6. The molecule has 27 heavy (non-hydrogen) atoms. The van der Waals surface area contributed by atoms with Gasteiger partial charge in [0, 0.05) is 43.5 Å². The molecule has 2 aliphatic rings. The van der Waals surface area contributed by atoms with Crippen molar-refractivity contribution in [3.05, 3.63) is 17.0 Å². The monoisotopic (exact) mass is 375 g/mol. The van der Waals surface area contributed by atoms with Crippen molar-refractivity contribution in [2.75, 3.05) is 39.8 Å². The van der Waals surface area contributed by atoms with Gasteiger partial charge in [0.15, 0.2) is 5.69 Å². The average Bonchev–Trinajstić information content (AvgIpc) is 2.87. The molecule has 1 aliphatic heterocycles. The highest BCUT2D eigenvalue weighted by atomic mass is 16.2. The van der Waals surface area contributed by atoms with Crippen molar-refractivity contribution in [3.8, 4) is 0 Å². The van der Waals surface area contributed by atoms with Crippen LogP contribution in [0.15, 0.2) is 0 Å². The summed E-state index contributed by atoms with van der Waals surface area (Å²) >= 11 is 0. The molecule has 1 amide bonds. The molecule has 0 bridgehead atoms. The fourth-order valence-corrected chi connectivity index (χ4v) is 4.27. The molecule has 1 unspecified atom stereocenters. The lowest BCUT2D eigenvalue weighted by Crippen LogP contribution is -2.38. The van der Waals surface area contributed by atoms with Crippen molar-refractivity contribution < 1.29 is 4.79 Å². The molecular weight excluding hydrogens is 338 g/mol. The molecule has 1 atom stereocenters. The second kappa shape index (κ2) is 9.20. The van der Waals surface area contributed by atoms with Crippen LogP contribution in [0.4, 0.5) is 0 Å². The first-order valence-electron chi connectivity index (χ1n) is 10.8. The lowest BCUT2D eigenvalue weighted by Gasteiger charge is -2.26. The van der Waals surface area contributed by atoms with E-state index in [-0.39, 0.29) is 5.91 Å². The molecule has 0 radical (unpaired) electrons. The normalized spacial score (nSPS) is 21.4. The molecular formula is C21H37N5O. The fraction of sp³-hybridized carbons (Fsp3) is 0.810. The van der Waals surface area contributed by atoms with Gasteiger partial charge in [-0.2, -0.15) is 5.10 Å². The van der Waals surface area contributed by atoms with Gasteiger partial charge < -0.3 is 15.1 Å². The van der Waals surface area contributed by atoms with Gasteiger partial charge in [0.1, 0.15) is 0 Å². The van der Waals surface area contributed by atoms with Gasteiger partial charge in [0.25, 0.3) is 5.91 Å². The van der Waals surface area contributed by atoms with E-state index in [1.54, 1.807) is 0 Å². The van der Waals surface area contributed by atoms with E-state index in [0.29, 0.717) is 11.7 Å². The smallest absolute Gasteiger partial charge is 0.274 e. The van der Waals surface area contributed by atoms with Crippen LogP contribution in [0.5, 0.6) is 0 Å². The Hall–Kier alpha value is -1.40. The summed E-state index contributed by atoms with van der Waals surface area (Å²) < 4.78 is 2.07. The molecule has 1 aliphatic carbocycles. The van der Waals surface area contributed by atoms with Crippen molar-refractivity contribution >= 4 is 5.91 Å². The number of fused-ring (bicyclic) bond motifs is 1. The van der Waals surface area contributed by atoms with Gasteiger partial charge in [-0.3, -0.25) is 9.48 Å². The van der Waals surface area contributed by atoms with E-state index in [4.69, 9.17) is 5.10 Å². The maximum absolute atomic E-state index is 13.3. The number of carbonyl (C=O) groups excluding carboxylic acids is 1. The molecule has 1 N–H and O–H groups in total. The van der Waals surface area contributed by atoms with E-state index in [2.05, 4.69) is 42.7 Å². The van der Waals surface area contributed by atoms with Crippen molar-refractivity contribution in [2.24, 2.45) is 5.92 Å². The average molecular weight is 376 g/mol. The maximum atomic E-state index is 13.3.